The van der Waals surface area contributed by atoms with E-state index in [2.05, 4.69) is 83.9 Å². The van der Waals surface area contributed by atoms with Gasteiger partial charge in [0.1, 0.15) is 5.82 Å². The van der Waals surface area contributed by atoms with Gasteiger partial charge in [0, 0.05) is 0 Å². The van der Waals surface area contributed by atoms with Gasteiger partial charge in [-0.25, -0.2) is 4.39 Å². The van der Waals surface area contributed by atoms with E-state index in [1.54, 1.807) is 12.1 Å². The summed E-state index contributed by atoms with van der Waals surface area (Å²) < 4.78 is 14.1. The number of hydrogen-bond donors (Lipinski definition) is 0. The minimum absolute atomic E-state index is 0.103. The van der Waals surface area contributed by atoms with E-state index in [9.17, 15) is 4.39 Å². The molecule has 0 saturated heterocycles. The maximum Gasteiger partial charge on any atom is 0.126 e. The molecule has 41 heavy (non-hydrogen) atoms. The molecule has 2 heteroatoms. The molecule has 0 radical (unpaired) electrons. The Morgan fingerprint density at radius 1 is 1.05 bits per heavy atom. The maximum absolute atomic E-state index is 14.1. The normalized spacial score (nSPS) is 17.4. The van der Waals surface area contributed by atoms with Gasteiger partial charge in [-0.2, -0.15) is 0 Å². The van der Waals surface area contributed by atoms with Crippen LogP contribution in [0.3, 0.4) is 0 Å². The van der Waals surface area contributed by atoms with Crippen LogP contribution in [0.2, 0.25) is 0 Å². The minimum atomic E-state index is -0.103. The van der Waals surface area contributed by atoms with Gasteiger partial charge < -0.3 is 0 Å². The van der Waals surface area contributed by atoms with Crippen LogP contribution in [0.25, 0.3) is 0 Å². The van der Waals surface area contributed by atoms with Crippen molar-refractivity contribution in [2.24, 2.45) is 17.8 Å². The van der Waals surface area contributed by atoms with E-state index in [0.717, 1.165) is 60.3 Å². The van der Waals surface area contributed by atoms with Gasteiger partial charge in [0.25, 0.3) is 0 Å². The molecule has 0 aliphatic heterocycles. The zero-order valence-corrected chi connectivity index (χ0v) is 28.6. The van der Waals surface area contributed by atoms with Crippen LogP contribution in [0.15, 0.2) is 104 Å². The highest BCUT2D eigenvalue weighted by Gasteiger charge is 2.34. The predicted octanol–water partition coefficient (Wildman–Crippen LogP) is 13.3. The third-order valence-electron chi connectivity index (χ3n) is 6.95. The van der Waals surface area contributed by atoms with Crippen LogP contribution < -0.4 is 0 Å². The van der Waals surface area contributed by atoms with Gasteiger partial charge in [-0.05, 0) is 112 Å². The van der Waals surface area contributed by atoms with Crippen molar-refractivity contribution in [3.63, 3.8) is 0 Å². The quantitative estimate of drug-likeness (QED) is 0.151. The lowest BCUT2D eigenvalue weighted by Crippen LogP contribution is -2.26. The number of benzene rings is 1. The van der Waals surface area contributed by atoms with Gasteiger partial charge in [-0.3, -0.25) is 0 Å². The van der Waals surface area contributed by atoms with Gasteiger partial charge >= 0.3 is 0 Å². The zero-order valence-electron chi connectivity index (χ0n) is 27.8. The molecule has 1 fully saturated rings. The van der Waals surface area contributed by atoms with Crippen molar-refractivity contribution in [2.45, 2.75) is 99.8 Å². The molecule has 2 rings (SSSR count). The van der Waals surface area contributed by atoms with Crippen LogP contribution in [-0.2, 0) is 0 Å². The highest BCUT2D eigenvalue weighted by atomic mass is 32.1. The molecule has 1 aromatic carbocycles. The molecule has 1 aromatic rings. The lowest BCUT2D eigenvalue weighted by atomic mass is 9.66. The second kappa shape index (κ2) is 27.6. The number of rotatable bonds is 10. The Morgan fingerprint density at radius 3 is 2.07 bits per heavy atom. The molecule has 2 unspecified atom stereocenters. The zero-order chi connectivity index (χ0) is 32.4. The van der Waals surface area contributed by atoms with E-state index in [0.29, 0.717) is 17.8 Å². The average Bonchev–Trinajstić information content (AvgIpc) is 2.97. The van der Waals surface area contributed by atoms with Gasteiger partial charge in [-0.15, -0.1) is 0 Å². The Bertz CT molecular complexity index is 946. The van der Waals surface area contributed by atoms with Crippen LogP contribution in [0.1, 0.15) is 104 Å². The summed E-state index contributed by atoms with van der Waals surface area (Å²) in [6.45, 7) is 36.1. The molecular formula is C39H61FS. The summed E-state index contributed by atoms with van der Waals surface area (Å²) in [5, 5.41) is 0. The monoisotopic (exact) mass is 580 g/mol. The first-order valence-electron chi connectivity index (χ1n) is 15.1. The van der Waals surface area contributed by atoms with Gasteiger partial charge in [-0.1, -0.05) is 139 Å². The fraction of sp³-hybridized carbons (Fsp3) is 0.462. The third-order valence-corrected chi connectivity index (χ3v) is 6.95. The number of halogens is 1. The average molecular weight is 581 g/mol. The van der Waals surface area contributed by atoms with Crippen molar-refractivity contribution in [3.8, 4) is 0 Å². The first-order valence-corrected chi connectivity index (χ1v) is 15.7. The Hall–Kier alpha value is -2.58. The maximum atomic E-state index is 14.1. The van der Waals surface area contributed by atoms with Crippen molar-refractivity contribution in [3.05, 3.63) is 121 Å². The Kier molecular flexibility index (Phi) is 28.8. The number of hydrogen-bond acceptors (Lipinski definition) is 1. The van der Waals surface area contributed by atoms with E-state index >= 15 is 0 Å². The van der Waals surface area contributed by atoms with E-state index in [4.69, 9.17) is 0 Å². The second-order valence-electron chi connectivity index (χ2n) is 10.5. The Morgan fingerprint density at radius 2 is 1.63 bits per heavy atom. The summed E-state index contributed by atoms with van der Waals surface area (Å²) in [5.74, 6) is 4.85. The largest absolute Gasteiger partial charge is 0.207 e. The van der Waals surface area contributed by atoms with Crippen LogP contribution in [0.5, 0.6) is 0 Å². The lowest BCUT2D eigenvalue weighted by Gasteiger charge is -2.39. The van der Waals surface area contributed by atoms with Crippen molar-refractivity contribution in [1.29, 1.82) is 0 Å². The molecule has 3 atom stereocenters. The molecule has 1 aliphatic rings. The van der Waals surface area contributed by atoms with Crippen LogP contribution in [0.4, 0.5) is 4.39 Å². The summed E-state index contributed by atoms with van der Waals surface area (Å²) in [7, 11) is 0. The number of allylic oxidation sites excluding steroid dienone is 9. The first kappa shape index (κ1) is 42.9. The van der Waals surface area contributed by atoms with Crippen LogP contribution in [-0.4, -0.2) is 5.87 Å². The summed E-state index contributed by atoms with van der Waals surface area (Å²) in [5.41, 5.74) is 5.46. The van der Waals surface area contributed by atoms with E-state index < -0.39 is 0 Å². The topological polar surface area (TPSA) is 0 Å². The molecule has 0 amide bonds. The van der Waals surface area contributed by atoms with Crippen molar-refractivity contribution >= 4 is 18.1 Å². The lowest BCUT2D eigenvalue weighted by molar-refractivity contribution is 0.258. The predicted molar refractivity (Wildman–Crippen MR) is 193 cm³/mol. The molecule has 0 nitrogen and oxygen atoms in total. The summed E-state index contributed by atoms with van der Waals surface area (Å²) >= 11 is 3.83. The minimum Gasteiger partial charge on any atom is -0.207 e. The van der Waals surface area contributed by atoms with Crippen molar-refractivity contribution in [2.75, 3.05) is 0 Å². The van der Waals surface area contributed by atoms with Crippen LogP contribution in [0, 0.1) is 30.5 Å². The fourth-order valence-corrected chi connectivity index (χ4v) is 4.68. The molecule has 0 spiro atoms. The van der Waals surface area contributed by atoms with E-state index in [1.165, 1.54) is 12.0 Å². The van der Waals surface area contributed by atoms with E-state index in [-0.39, 0.29) is 5.82 Å². The van der Waals surface area contributed by atoms with Gasteiger partial charge in [0.05, 0.1) is 0 Å². The Labute approximate surface area is 260 Å². The standard InChI is InChI=1S/C23H31F.C8H14.C5H8.C2H6.CH2S/c1-7-16(4)13-19-11-12-21(22(14-19)17(5)15(2)3)20-9-8-10-23(24)18(20)6;1-4-5-6-7-8(2)3;1-3-5-4-2;2*1-2/h8-10,19,21-22H,2,4-5,7,11-14H2,1,3,6H3;4-6,8H,1,7H2,2-3H3;3-5H,1H2,2H3;1-2H3;1H2/b;6-5-;5-4-;;/t19?,21?,22-;;;;/m0..../s1. The summed E-state index contributed by atoms with van der Waals surface area (Å²) in [6.07, 6.45) is 18.2. The van der Waals surface area contributed by atoms with Gasteiger partial charge in [0.2, 0.25) is 0 Å². The molecule has 0 heterocycles. The molecule has 0 aromatic heterocycles. The smallest absolute Gasteiger partial charge is 0.126 e. The van der Waals surface area contributed by atoms with Gasteiger partial charge in [0.15, 0.2) is 0 Å². The summed E-state index contributed by atoms with van der Waals surface area (Å²) in [6, 6.07) is 5.48. The van der Waals surface area contributed by atoms with Crippen molar-refractivity contribution < 1.29 is 4.39 Å². The Balaban J connectivity index is -0.000000701. The highest BCUT2D eigenvalue weighted by Crippen LogP contribution is 2.47. The van der Waals surface area contributed by atoms with Crippen LogP contribution >= 0.6 is 12.2 Å². The second-order valence-corrected chi connectivity index (χ2v) is 10.5. The van der Waals surface area contributed by atoms with Crippen molar-refractivity contribution in [1.82, 2.24) is 0 Å². The molecule has 1 saturated carbocycles. The molecular weight excluding hydrogens is 519 g/mol. The molecule has 230 valence electrons. The fourth-order valence-electron chi connectivity index (χ4n) is 4.68. The highest BCUT2D eigenvalue weighted by molar-refractivity contribution is 7.77. The first-order chi connectivity index (χ1) is 19.5. The van der Waals surface area contributed by atoms with E-state index in [1.807, 2.05) is 65.0 Å². The SMILES string of the molecule is C=C(CC)CC1CCC(c2cccc(F)c2C)[C@H](C(=C)C(=C)C)C1.C=C/C=C\C.C=C/C=C\CC(C)C.C=S.CC. The summed E-state index contributed by atoms with van der Waals surface area (Å²) in [4.78, 5) is 0. The number of thiocarbonyl (C=S) groups is 1. The molecule has 1 aliphatic carbocycles. The molecule has 0 bridgehead atoms. The third kappa shape index (κ3) is 19.2. The molecule has 0 N–H and O–H groups in total.